The number of aromatic nitrogens is 4. The van der Waals surface area contributed by atoms with E-state index in [1.165, 1.54) is 11.7 Å². The van der Waals surface area contributed by atoms with Gasteiger partial charge in [0.25, 0.3) is 0 Å². The van der Waals surface area contributed by atoms with Crippen molar-refractivity contribution in [2.45, 2.75) is 32.9 Å². The summed E-state index contributed by atoms with van der Waals surface area (Å²) in [5.74, 6) is 0. The van der Waals surface area contributed by atoms with Gasteiger partial charge in [-0.3, -0.25) is 4.68 Å². The van der Waals surface area contributed by atoms with Gasteiger partial charge in [-0.15, -0.1) is 0 Å². The number of hydrogen-bond donors (Lipinski definition) is 1. The molecule has 0 aliphatic carbocycles. The Labute approximate surface area is 105 Å². The first-order chi connectivity index (χ1) is 8.36. The maximum atomic E-state index is 4.33. The summed E-state index contributed by atoms with van der Waals surface area (Å²) in [5.41, 5.74) is 2.12. The van der Waals surface area contributed by atoms with E-state index in [9.17, 15) is 0 Å². The molecule has 2 aromatic heterocycles. The van der Waals surface area contributed by atoms with Crippen molar-refractivity contribution in [3.63, 3.8) is 0 Å². The summed E-state index contributed by atoms with van der Waals surface area (Å²) in [7, 11) is 0. The SMILES string of the molecule is CCCNC(c1cnsn1)c1ccnn1CC. The molecule has 0 spiro atoms. The molecule has 0 bridgehead atoms. The van der Waals surface area contributed by atoms with Gasteiger partial charge in [0.05, 0.1) is 35.4 Å². The Hall–Kier alpha value is -1.27. The number of nitrogens with zero attached hydrogens (tertiary/aromatic N) is 4. The van der Waals surface area contributed by atoms with Gasteiger partial charge in [-0.25, -0.2) is 0 Å². The van der Waals surface area contributed by atoms with Crippen LogP contribution in [0, 0.1) is 0 Å². The van der Waals surface area contributed by atoms with Crippen molar-refractivity contribution < 1.29 is 0 Å². The quantitative estimate of drug-likeness (QED) is 0.851. The van der Waals surface area contributed by atoms with Gasteiger partial charge in [0.2, 0.25) is 0 Å². The molecule has 0 saturated heterocycles. The molecule has 0 radical (unpaired) electrons. The summed E-state index contributed by atoms with van der Waals surface area (Å²) in [5, 5.41) is 7.80. The van der Waals surface area contributed by atoms with Gasteiger partial charge in [-0.2, -0.15) is 13.8 Å². The monoisotopic (exact) mass is 251 g/mol. The van der Waals surface area contributed by atoms with E-state index >= 15 is 0 Å². The second kappa shape index (κ2) is 5.88. The molecular formula is C11H17N5S. The van der Waals surface area contributed by atoms with Crippen molar-refractivity contribution in [3.05, 3.63) is 29.8 Å². The molecule has 0 aromatic carbocycles. The maximum Gasteiger partial charge on any atom is 0.0973 e. The van der Waals surface area contributed by atoms with E-state index in [0.717, 1.165) is 30.9 Å². The van der Waals surface area contributed by atoms with Crippen LogP contribution in [0.15, 0.2) is 18.5 Å². The number of rotatable bonds is 6. The van der Waals surface area contributed by atoms with Crippen LogP contribution in [0.1, 0.15) is 37.7 Å². The zero-order valence-electron chi connectivity index (χ0n) is 10.1. The predicted molar refractivity (Wildman–Crippen MR) is 67.9 cm³/mol. The van der Waals surface area contributed by atoms with Crippen LogP contribution in [0.5, 0.6) is 0 Å². The molecule has 0 amide bonds. The van der Waals surface area contributed by atoms with Gasteiger partial charge in [0.1, 0.15) is 0 Å². The Kier molecular flexibility index (Phi) is 4.22. The van der Waals surface area contributed by atoms with E-state index < -0.39 is 0 Å². The van der Waals surface area contributed by atoms with Crippen molar-refractivity contribution in [1.29, 1.82) is 0 Å². The van der Waals surface area contributed by atoms with Crippen LogP contribution >= 0.6 is 11.7 Å². The minimum absolute atomic E-state index is 0.0937. The molecule has 1 N–H and O–H groups in total. The summed E-state index contributed by atoms with van der Waals surface area (Å²) in [6.07, 6.45) is 4.75. The summed E-state index contributed by atoms with van der Waals surface area (Å²) in [6, 6.07) is 2.13. The molecule has 6 heteroatoms. The smallest absolute Gasteiger partial charge is 0.0973 e. The molecule has 17 heavy (non-hydrogen) atoms. The largest absolute Gasteiger partial charge is 0.304 e. The first-order valence-corrected chi connectivity index (χ1v) is 6.62. The summed E-state index contributed by atoms with van der Waals surface area (Å²) in [6.45, 7) is 6.06. The fraction of sp³-hybridized carbons (Fsp3) is 0.545. The van der Waals surface area contributed by atoms with E-state index in [1.54, 1.807) is 0 Å². The van der Waals surface area contributed by atoms with Crippen LogP contribution in [0.3, 0.4) is 0 Å². The van der Waals surface area contributed by atoms with Crippen LogP contribution in [0.2, 0.25) is 0 Å². The number of aryl methyl sites for hydroxylation is 1. The zero-order chi connectivity index (χ0) is 12.1. The zero-order valence-corrected chi connectivity index (χ0v) is 10.9. The molecule has 1 unspecified atom stereocenters. The highest BCUT2D eigenvalue weighted by molar-refractivity contribution is 6.99. The van der Waals surface area contributed by atoms with Crippen LogP contribution in [-0.4, -0.2) is 25.1 Å². The van der Waals surface area contributed by atoms with Gasteiger partial charge >= 0.3 is 0 Å². The van der Waals surface area contributed by atoms with Crippen LogP contribution in [0.4, 0.5) is 0 Å². The first kappa shape index (κ1) is 12.2. The molecule has 0 fully saturated rings. The van der Waals surface area contributed by atoms with Crippen molar-refractivity contribution in [2.24, 2.45) is 0 Å². The van der Waals surface area contributed by atoms with Gasteiger partial charge in [-0.1, -0.05) is 6.92 Å². The normalized spacial score (nSPS) is 12.8. The van der Waals surface area contributed by atoms with E-state index in [0.29, 0.717) is 0 Å². The second-order valence-corrected chi connectivity index (χ2v) is 4.35. The molecule has 92 valence electrons. The fourth-order valence-electron chi connectivity index (χ4n) is 1.80. The first-order valence-electron chi connectivity index (χ1n) is 5.89. The third-order valence-electron chi connectivity index (χ3n) is 2.62. The fourth-order valence-corrected chi connectivity index (χ4v) is 2.25. The van der Waals surface area contributed by atoms with E-state index in [4.69, 9.17) is 0 Å². The molecular weight excluding hydrogens is 234 g/mol. The minimum atomic E-state index is 0.0937. The minimum Gasteiger partial charge on any atom is -0.304 e. The van der Waals surface area contributed by atoms with Crippen molar-refractivity contribution >= 4 is 11.7 Å². The lowest BCUT2D eigenvalue weighted by molar-refractivity contribution is 0.524. The van der Waals surface area contributed by atoms with Crippen LogP contribution in [-0.2, 0) is 6.54 Å². The molecule has 2 rings (SSSR count). The summed E-state index contributed by atoms with van der Waals surface area (Å²) in [4.78, 5) is 0. The lowest BCUT2D eigenvalue weighted by Gasteiger charge is -2.17. The molecule has 2 heterocycles. The lowest BCUT2D eigenvalue weighted by atomic mass is 10.1. The number of nitrogens with one attached hydrogen (secondary N) is 1. The highest BCUT2D eigenvalue weighted by Gasteiger charge is 2.19. The molecule has 0 aliphatic heterocycles. The Morgan fingerprint density at radius 3 is 3.00 bits per heavy atom. The topological polar surface area (TPSA) is 55.6 Å². The summed E-state index contributed by atoms with van der Waals surface area (Å²) >= 11 is 1.24. The van der Waals surface area contributed by atoms with Crippen molar-refractivity contribution in [3.8, 4) is 0 Å². The third kappa shape index (κ3) is 2.70. The van der Waals surface area contributed by atoms with Gasteiger partial charge in [0, 0.05) is 12.7 Å². The van der Waals surface area contributed by atoms with Gasteiger partial charge < -0.3 is 5.32 Å². The maximum absolute atomic E-state index is 4.33. The lowest BCUT2D eigenvalue weighted by Crippen LogP contribution is -2.26. The Balaban J connectivity index is 2.27. The molecule has 2 aromatic rings. The highest BCUT2D eigenvalue weighted by atomic mass is 32.1. The van der Waals surface area contributed by atoms with Crippen molar-refractivity contribution in [1.82, 2.24) is 23.8 Å². The van der Waals surface area contributed by atoms with Crippen molar-refractivity contribution in [2.75, 3.05) is 6.54 Å². The highest BCUT2D eigenvalue weighted by Crippen LogP contribution is 2.20. The van der Waals surface area contributed by atoms with E-state index in [-0.39, 0.29) is 6.04 Å². The van der Waals surface area contributed by atoms with Gasteiger partial charge in [-0.05, 0) is 26.0 Å². The number of hydrogen-bond acceptors (Lipinski definition) is 5. The molecule has 0 saturated carbocycles. The van der Waals surface area contributed by atoms with E-state index in [2.05, 4.69) is 33.0 Å². The van der Waals surface area contributed by atoms with E-state index in [1.807, 2.05) is 23.1 Å². The standard InChI is InChI=1S/C11H17N5S/c1-3-6-12-11(9-8-14-17-15-9)10-5-7-13-16(10)4-2/h5,7-8,11-12H,3-4,6H2,1-2H3. The third-order valence-corrected chi connectivity index (χ3v) is 3.11. The summed E-state index contributed by atoms with van der Waals surface area (Å²) < 4.78 is 10.4. The molecule has 1 atom stereocenters. The van der Waals surface area contributed by atoms with Crippen LogP contribution in [0.25, 0.3) is 0 Å². The second-order valence-electron chi connectivity index (χ2n) is 3.79. The van der Waals surface area contributed by atoms with Crippen LogP contribution < -0.4 is 5.32 Å². The molecule has 5 nitrogen and oxygen atoms in total. The average molecular weight is 251 g/mol. The Morgan fingerprint density at radius 1 is 1.47 bits per heavy atom. The van der Waals surface area contributed by atoms with Gasteiger partial charge in [0.15, 0.2) is 0 Å². The Bertz CT molecular complexity index is 436. The molecule has 0 aliphatic rings. The predicted octanol–water partition coefficient (Wildman–Crippen LogP) is 1.84. The Morgan fingerprint density at radius 2 is 2.35 bits per heavy atom. The average Bonchev–Trinajstić information content (AvgIpc) is 3.00.